The number of benzene rings is 1. The lowest BCUT2D eigenvalue weighted by Crippen LogP contribution is -2.19. The lowest BCUT2D eigenvalue weighted by atomic mass is 10.0. The lowest BCUT2D eigenvalue weighted by molar-refractivity contribution is 0.0964. The molecule has 0 saturated heterocycles. The van der Waals surface area contributed by atoms with Crippen LogP contribution in [0.4, 0.5) is 5.82 Å². The van der Waals surface area contributed by atoms with Crippen LogP contribution in [0.1, 0.15) is 58.9 Å². The van der Waals surface area contributed by atoms with E-state index in [2.05, 4.69) is 35.6 Å². The van der Waals surface area contributed by atoms with E-state index in [9.17, 15) is 13.2 Å². The standard InChI is InChI=1S/C24H27N7O4S/c1-14-6-8-16(9-7-14)21-20(23(32)25-2)18-13-17(15-10-11-15)22(26-24(18)35-21)29-36(33,34)12-4-3-5-19-27-30-31-28-19/h6-9,13,15H,3-5,10-12H2,1-2H3,(H,25,32)(H,26,29)(H,27,28,30,31). The topological polar surface area (TPSA) is 156 Å². The Labute approximate surface area is 208 Å². The number of fused-ring (bicyclic) bond motifs is 1. The van der Waals surface area contributed by atoms with Gasteiger partial charge in [-0.25, -0.2) is 8.42 Å². The molecule has 3 heterocycles. The molecule has 1 aliphatic rings. The minimum atomic E-state index is -3.65. The van der Waals surface area contributed by atoms with E-state index in [1.54, 1.807) is 7.05 Å². The van der Waals surface area contributed by atoms with Crippen molar-refractivity contribution in [1.29, 1.82) is 0 Å². The van der Waals surface area contributed by atoms with Crippen LogP contribution in [0, 0.1) is 6.92 Å². The summed E-state index contributed by atoms with van der Waals surface area (Å²) in [5.41, 5.74) is 3.21. The average molecular weight is 510 g/mol. The minimum absolute atomic E-state index is 0.0645. The number of aromatic nitrogens is 5. The molecule has 1 amide bonds. The van der Waals surface area contributed by atoms with Crippen LogP contribution in [-0.2, 0) is 16.4 Å². The second-order valence-electron chi connectivity index (χ2n) is 9.01. The summed E-state index contributed by atoms with van der Waals surface area (Å²) in [6.45, 7) is 1.98. The number of nitrogens with one attached hydrogen (secondary N) is 3. The second-order valence-corrected chi connectivity index (χ2v) is 10.9. The molecule has 1 aromatic carbocycles. The highest BCUT2D eigenvalue weighted by Gasteiger charge is 2.31. The van der Waals surface area contributed by atoms with Crippen molar-refractivity contribution >= 4 is 32.8 Å². The maximum Gasteiger partial charge on any atom is 0.255 e. The van der Waals surface area contributed by atoms with Gasteiger partial charge in [-0.1, -0.05) is 35.0 Å². The minimum Gasteiger partial charge on any atom is -0.437 e. The molecule has 0 spiro atoms. The molecule has 36 heavy (non-hydrogen) atoms. The van der Waals surface area contributed by atoms with Crippen LogP contribution in [0.15, 0.2) is 34.7 Å². The predicted octanol–water partition coefficient (Wildman–Crippen LogP) is 3.32. The number of rotatable bonds is 10. The molecule has 0 bridgehead atoms. The summed E-state index contributed by atoms with van der Waals surface area (Å²) >= 11 is 0. The molecule has 12 heteroatoms. The summed E-state index contributed by atoms with van der Waals surface area (Å²) in [7, 11) is -2.09. The number of H-pyrrole nitrogens is 1. The number of anilines is 1. The van der Waals surface area contributed by atoms with Gasteiger partial charge in [0.15, 0.2) is 5.82 Å². The highest BCUT2D eigenvalue weighted by Crippen LogP contribution is 2.45. The van der Waals surface area contributed by atoms with E-state index in [-0.39, 0.29) is 29.1 Å². The molecule has 11 nitrogen and oxygen atoms in total. The third-order valence-corrected chi connectivity index (χ3v) is 7.53. The Morgan fingerprint density at radius 3 is 2.64 bits per heavy atom. The number of hydrogen-bond acceptors (Lipinski definition) is 8. The lowest BCUT2D eigenvalue weighted by Gasteiger charge is -2.11. The maximum absolute atomic E-state index is 12.9. The average Bonchev–Trinajstić information content (AvgIpc) is 3.43. The summed E-state index contributed by atoms with van der Waals surface area (Å²) in [5, 5.41) is 16.9. The van der Waals surface area contributed by atoms with E-state index in [4.69, 9.17) is 4.42 Å². The molecule has 1 saturated carbocycles. The quantitative estimate of drug-likeness (QED) is 0.275. The van der Waals surface area contributed by atoms with Crippen molar-refractivity contribution < 1.29 is 17.6 Å². The van der Waals surface area contributed by atoms with Crippen molar-refractivity contribution in [1.82, 2.24) is 30.9 Å². The molecule has 1 aliphatic carbocycles. The van der Waals surface area contributed by atoms with Crippen LogP contribution in [0.3, 0.4) is 0 Å². The van der Waals surface area contributed by atoms with Crippen LogP contribution in [0.2, 0.25) is 0 Å². The van der Waals surface area contributed by atoms with Gasteiger partial charge in [-0.3, -0.25) is 9.52 Å². The number of aryl methyl sites for hydroxylation is 2. The number of furan rings is 1. The summed E-state index contributed by atoms with van der Waals surface area (Å²) in [4.78, 5) is 17.4. The zero-order valence-corrected chi connectivity index (χ0v) is 20.9. The number of hydrogen-bond donors (Lipinski definition) is 3. The third-order valence-electron chi connectivity index (χ3n) is 6.20. The van der Waals surface area contributed by atoms with Crippen molar-refractivity contribution in [2.75, 3.05) is 17.5 Å². The number of tetrazole rings is 1. The first-order valence-corrected chi connectivity index (χ1v) is 13.5. The summed E-state index contributed by atoms with van der Waals surface area (Å²) in [5.74, 6) is 1.05. The van der Waals surface area contributed by atoms with Gasteiger partial charge in [-0.05, 0) is 50.2 Å². The van der Waals surface area contributed by atoms with Gasteiger partial charge >= 0.3 is 0 Å². The molecule has 0 unspecified atom stereocenters. The van der Waals surface area contributed by atoms with E-state index >= 15 is 0 Å². The number of unbranched alkanes of at least 4 members (excludes halogenated alkanes) is 1. The SMILES string of the molecule is CNC(=O)c1c(-c2ccc(C)cc2)oc2nc(NS(=O)(=O)CCCCc3nn[nH]n3)c(C3CC3)cc12. The molecule has 0 aliphatic heterocycles. The highest BCUT2D eigenvalue weighted by atomic mass is 32.2. The third kappa shape index (κ3) is 5.08. The fourth-order valence-electron chi connectivity index (χ4n) is 4.15. The predicted molar refractivity (Wildman–Crippen MR) is 134 cm³/mol. The van der Waals surface area contributed by atoms with E-state index < -0.39 is 10.0 Å². The van der Waals surface area contributed by atoms with Crippen molar-refractivity contribution in [3.8, 4) is 11.3 Å². The van der Waals surface area contributed by atoms with Gasteiger partial charge in [0, 0.05) is 19.0 Å². The fraction of sp³-hybridized carbons (Fsp3) is 0.375. The number of carbonyl (C=O) groups is 1. The largest absolute Gasteiger partial charge is 0.437 e. The molecule has 188 valence electrons. The summed E-state index contributed by atoms with van der Waals surface area (Å²) < 4.78 is 34.5. The van der Waals surface area contributed by atoms with Crippen molar-refractivity contribution in [3.63, 3.8) is 0 Å². The number of aromatic amines is 1. The number of nitrogens with zero attached hydrogens (tertiary/aromatic N) is 4. The van der Waals surface area contributed by atoms with Crippen LogP contribution >= 0.6 is 0 Å². The summed E-state index contributed by atoms with van der Waals surface area (Å²) in [6, 6.07) is 9.51. The highest BCUT2D eigenvalue weighted by molar-refractivity contribution is 7.92. The zero-order valence-electron chi connectivity index (χ0n) is 20.0. The van der Waals surface area contributed by atoms with Crippen molar-refractivity contribution in [2.24, 2.45) is 0 Å². The zero-order chi connectivity index (χ0) is 25.3. The van der Waals surface area contributed by atoms with Crippen LogP contribution in [0.5, 0.6) is 0 Å². The Balaban J connectivity index is 1.46. The van der Waals surface area contributed by atoms with Crippen LogP contribution in [0.25, 0.3) is 22.4 Å². The van der Waals surface area contributed by atoms with Gasteiger partial charge in [0.2, 0.25) is 15.7 Å². The van der Waals surface area contributed by atoms with Crippen molar-refractivity contribution in [3.05, 3.63) is 52.8 Å². The van der Waals surface area contributed by atoms with Gasteiger partial charge in [0.1, 0.15) is 11.6 Å². The Morgan fingerprint density at radius 1 is 1.19 bits per heavy atom. The number of pyridine rings is 1. The Hall–Kier alpha value is -3.80. The fourth-order valence-corrected chi connectivity index (χ4v) is 5.29. The Morgan fingerprint density at radius 2 is 1.97 bits per heavy atom. The van der Waals surface area contributed by atoms with Gasteiger partial charge < -0.3 is 9.73 Å². The Bertz CT molecular complexity index is 1490. The van der Waals surface area contributed by atoms with Gasteiger partial charge in [-0.2, -0.15) is 10.2 Å². The smallest absolute Gasteiger partial charge is 0.255 e. The molecule has 1 fully saturated rings. The molecule has 3 N–H and O–H groups in total. The maximum atomic E-state index is 12.9. The van der Waals surface area contributed by atoms with E-state index in [0.717, 1.165) is 29.5 Å². The van der Waals surface area contributed by atoms with Crippen LogP contribution in [-0.4, -0.2) is 52.7 Å². The molecule has 4 aromatic rings. The first-order valence-electron chi connectivity index (χ1n) is 11.8. The normalized spacial score (nSPS) is 13.7. The van der Waals surface area contributed by atoms with Gasteiger partial charge in [-0.15, -0.1) is 10.2 Å². The van der Waals surface area contributed by atoms with Crippen LogP contribution < -0.4 is 10.0 Å². The van der Waals surface area contributed by atoms with E-state index in [1.165, 1.54) is 0 Å². The Kier molecular flexibility index (Phi) is 6.44. The second kappa shape index (κ2) is 9.69. The first-order chi connectivity index (χ1) is 17.3. The number of amides is 1. The van der Waals surface area contributed by atoms with E-state index in [0.29, 0.717) is 41.8 Å². The number of carbonyl (C=O) groups excluding carboxylic acids is 1. The molecular weight excluding hydrogens is 482 g/mol. The molecule has 5 rings (SSSR count). The monoisotopic (exact) mass is 509 g/mol. The molecule has 0 radical (unpaired) electrons. The molecule has 3 aromatic heterocycles. The molecular formula is C24H27N7O4S. The van der Waals surface area contributed by atoms with E-state index in [1.807, 2.05) is 37.3 Å². The molecule has 0 atom stereocenters. The van der Waals surface area contributed by atoms with Gasteiger partial charge in [0.25, 0.3) is 5.91 Å². The number of sulfonamides is 1. The van der Waals surface area contributed by atoms with Gasteiger partial charge in [0.05, 0.1) is 16.7 Å². The van der Waals surface area contributed by atoms with Crippen molar-refractivity contribution in [2.45, 2.75) is 44.9 Å². The first kappa shape index (κ1) is 23.9. The summed E-state index contributed by atoms with van der Waals surface area (Å²) in [6.07, 6.45) is 3.45.